The van der Waals surface area contributed by atoms with Crippen LogP contribution in [0.5, 0.6) is 0 Å². The summed E-state index contributed by atoms with van der Waals surface area (Å²) in [6, 6.07) is 2.69. The summed E-state index contributed by atoms with van der Waals surface area (Å²) in [6.07, 6.45) is 10.6. The van der Waals surface area contributed by atoms with Crippen LogP contribution in [0, 0.1) is 12.8 Å². The SMILES string of the molecule is Cc1cc(N2CCCC(C)C2)nc(NC2CCCCCC2)n1. The lowest BCUT2D eigenvalue weighted by atomic mass is 10.0. The highest BCUT2D eigenvalue weighted by Crippen LogP contribution is 2.24. The molecule has 1 aliphatic heterocycles. The first-order chi connectivity index (χ1) is 10.7. The zero-order valence-corrected chi connectivity index (χ0v) is 14.1. The molecule has 2 fully saturated rings. The number of anilines is 2. The number of hydrogen-bond donors (Lipinski definition) is 1. The molecule has 3 rings (SSSR count). The molecule has 122 valence electrons. The molecule has 1 aromatic rings. The van der Waals surface area contributed by atoms with Crippen molar-refractivity contribution in [2.24, 2.45) is 5.92 Å². The summed E-state index contributed by atoms with van der Waals surface area (Å²) < 4.78 is 0. The Balaban J connectivity index is 1.71. The van der Waals surface area contributed by atoms with Gasteiger partial charge in [0.2, 0.25) is 5.95 Å². The third-order valence-electron chi connectivity index (χ3n) is 5.01. The summed E-state index contributed by atoms with van der Waals surface area (Å²) in [5.41, 5.74) is 1.07. The van der Waals surface area contributed by atoms with E-state index in [1.165, 1.54) is 51.4 Å². The van der Waals surface area contributed by atoms with Gasteiger partial charge in [-0.15, -0.1) is 0 Å². The molecule has 1 unspecified atom stereocenters. The number of hydrogen-bond acceptors (Lipinski definition) is 4. The van der Waals surface area contributed by atoms with Gasteiger partial charge in [0, 0.05) is 30.9 Å². The first-order valence-corrected chi connectivity index (χ1v) is 9.08. The minimum Gasteiger partial charge on any atom is -0.356 e. The zero-order chi connectivity index (χ0) is 15.4. The summed E-state index contributed by atoms with van der Waals surface area (Å²) in [7, 11) is 0. The van der Waals surface area contributed by atoms with Crippen LogP contribution in [0.3, 0.4) is 0 Å². The van der Waals surface area contributed by atoms with Gasteiger partial charge in [-0.1, -0.05) is 32.6 Å². The van der Waals surface area contributed by atoms with E-state index in [9.17, 15) is 0 Å². The Kier molecular flexibility index (Phi) is 5.16. The Morgan fingerprint density at radius 3 is 2.55 bits per heavy atom. The van der Waals surface area contributed by atoms with Crippen LogP contribution in [0.1, 0.15) is 64.0 Å². The first kappa shape index (κ1) is 15.6. The van der Waals surface area contributed by atoms with Gasteiger partial charge in [-0.2, -0.15) is 4.98 Å². The second kappa shape index (κ2) is 7.30. The highest BCUT2D eigenvalue weighted by molar-refractivity contribution is 5.45. The van der Waals surface area contributed by atoms with Crippen LogP contribution in [-0.4, -0.2) is 29.1 Å². The van der Waals surface area contributed by atoms with Crippen molar-refractivity contribution in [2.45, 2.75) is 71.3 Å². The minimum absolute atomic E-state index is 0.553. The molecule has 2 aliphatic rings. The van der Waals surface area contributed by atoms with Crippen LogP contribution >= 0.6 is 0 Å². The topological polar surface area (TPSA) is 41.1 Å². The number of aryl methyl sites for hydroxylation is 1. The van der Waals surface area contributed by atoms with Crippen molar-refractivity contribution in [2.75, 3.05) is 23.3 Å². The number of nitrogens with zero attached hydrogens (tertiary/aromatic N) is 3. The summed E-state index contributed by atoms with van der Waals surface area (Å²) in [4.78, 5) is 11.9. The summed E-state index contributed by atoms with van der Waals surface area (Å²) in [5.74, 6) is 2.71. The highest BCUT2D eigenvalue weighted by Gasteiger charge is 2.19. The van der Waals surface area contributed by atoms with Gasteiger partial charge in [-0.05, 0) is 38.5 Å². The molecule has 1 atom stereocenters. The second-order valence-corrected chi connectivity index (χ2v) is 7.22. The molecule has 1 saturated heterocycles. The Morgan fingerprint density at radius 1 is 1.05 bits per heavy atom. The lowest BCUT2D eigenvalue weighted by Gasteiger charge is -2.32. The average Bonchev–Trinajstić information content (AvgIpc) is 2.75. The number of piperidine rings is 1. The van der Waals surface area contributed by atoms with Crippen LogP contribution in [0.2, 0.25) is 0 Å². The van der Waals surface area contributed by atoms with Crippen molar-refractivity contribution in [3.8, 4) is 0 Å². The average molecular weight is 302 g/mol. The fourth-order valence-corrected chi connectivity index (χ4v) is 3.78. The molecule has 2 heterocycles. The minimum atomic E-state index is 0.553. The molecule has 1 saturated carbocycles. The summed E-state index contributed by atoms with van der Waals surface area (Å²) in [5, 5.41) is 3.60. The smallest absolute Gasteiger partial charge is 0.225 e. The fourth-order valence-electron chi connectivity index (χ4n) is 3.78. The lowest BCUT2D eigenvalue weighted by Crippen LogP contribution is -2.35. The quantitative estimate of drug-likeness (QED) is 0.851. The van der Waals surface area contributed by atoms with Crippen molar-refractivity contribution in [1.82, 2.24) is 9.97 Å². The van der Waals surface area contributed by atoms with Gasteiger partial charge in [0.25, 0.3) is 0 Å². The molecule has 1 N–H and O–H groups in total. The molecule has 0 spiro atoms. The van der Waals surface area contributed by atoms with Gasteiger partial charge in [0.15, 0.2) is 0 Å². The van der Waals surface area contributed by atoms with Crippen LogP contribution in [0.15, 0.2) is 6.07 Å². The van der Waals surface area contributed by atoms with Gasteiger partial charge in [-0.3, -0.25) is 0 Å². The van der Waals surface area contributed by atoms with E-state index in [0.717, 1.165) is 36.5 Å². The van der Waals surface area contributed by atoms with Crippen molar-refractivity contribution in [3.05, 3.63) is 11.8 Å². The Morgan fingerprint density at radius 2 is 1.82 bits per heavy atom. The van der Waals surface area contributed by atoms with Gasteiger partial charge < -0.3 is 10.2 Å². The van der Waals surface area contributed by atoms with E-state index in [1.807, 2.05) is 0 Å². The first-order valence-electron chi connectivity index (χ1n) is 9.08. The summed E-state index contributed by atoms with van der Waals surface area (Å²) >= 11 is 0. The standard InChI is InChI=1S/C18H30N4/c1-14-8-7-11-22(13-14)17-12-15(2)19-18(21-17)20-16-9-5-3-4-6-10-16/h12,14,16H,3-11,13H2,1-2H3,(H,19,20,21). The highest BCUT2D eigenvalue weighted by atomic mass is 15.2. The molecule has 0 bridgehead atoms. The Hall–Kier alpha value is -1.32. The molecule has 0 aromatic carbocycles. The largest absolute Gasteiger partial charge is 0.356 e. The van der Waals surface area contributed by atoms with Crippen LogP contribution in [0.25, 0.3) is 0 Å². The zero-order valence-electron chi connectivity index (χ0n) is 14.1. The maximum atomic E-state index is 4.82. The van der Waals surface area contributed by atoms with E-state index in [-0.39, 0.29) is 0 Å². The van der Waals surface area contributed by atoms with E-state index < -0.39 is 0 Å². The van der Waals surface area contributed by atoms with E-state index in [0.29, 0.717) is 6.04 Å². The molecule has 1 aliphatic carbocycles. The predicted octanol–water partition coefficient (Wildman–Crippen LogP) is 4.16. The molecular weight excluding hydrogens is 272 g/mol. The Labute approximate surface area is 134 Å². The van der Waals surface area contributed by atoms with Crippen LogP contribution < -0.4 is 10.2 Å². The van der Waals surface area contributed by atoms with E-state index in [2.05, 4.69) is 35.1 Å². The van der Waals surface area contributed by atoms with Crippen molar-refractivity contribution in [3.63, 3.8) is 0 Å². The molecule has 0 amide bonds. The van der Waals surface area contributed by atoms with Gasteiger partial charge in [0.05, 0.1) is 0 Å². The molecule has 4 nitrogen and oxygen atoms in total. The molecule has 0 radical (unpaired) electrons. The number of aromatic nitrogens is 2. The Bertz CT molecular complexity index is 480. The third-order valence-corrected chi connectivity index (χ3v) is 5.01. The van der Waals surface area contributed by atoms with E-state index in [1.54, 1.807) is 0 Å². The maximum Gasteiger partial charge on any atom is 0.225 e. The van der Waals surface area contributed by atoms with E-state index in [4.69, 9.17) is 4.98 Å². The lowest BCUT2D eigenvalue weighted by molar-refractivity contribution is 0.444. The van der Waals surface area contributed by atoms with Crippen molar-refractivity contribution in [1.29, 1.82) is 0 Å². The van der Waals surface area contributed by atoms with Gasteiger partial charge in [0.1, 0.15) is 5.82 Å². The maximum absolute atomic E-state index is 4.82. The van der Waals surface area contributed by atoms with E-state index >= 15 is 0 Å². The predicted molar refractivity (Wildman–Crippen MR) is 92.5 cm³/mol. The normalized spacial score (nSPS) is 24.1. The molecular formula is C18H30N4. The third kappa shape index (κ3) is 4.11. The van der Waals surface area contributed by atoms with Gasteiger partial charge >= 0.3 is 0 Å². The summed E-state index contributed by atoms with van der Waals surface area (Å²) in [6.45, 7) is 6.67. The monoisotopic (exact) mass is 302 g/mol. The number of rotatable bonds is 3. The van der Waals surface area contributed by atoms with Crippen molar-refractivity contribution >= 4 is 11.8 Å². The number of nitrogens with one attached hydrogen (secondary N) is 1. The molecule has 1 aromatic heterocycles. The van der Waals surface area contributed by atoms with Gasteiger partial charge in [-0.25, -0.2) is 4.98 Å². The van der Waals surface area contributed by atoms with Crippen molar-refractivity contribution < 1.29 is 0 Å². The van der Waals surface area contributed by atoms with Crippen LogP contribution in [-0.2, 0) is 0 Å². The second-order valence-electron chi connectivity index (χ2n) is 7.22. The molecule has 22 heavy (non-hydrogen) atoms. The van der Waals surface area contributed by atoms with Crippen LogP contribution in [0.4, 0.5) is 11.8 Å². The fraction of sp³-hybridized carbons (Fsp3) is 0.778. The molecule has 4 heteroatoms.